The molecule has 0 spiro atoms. The average Bonchev–Trinajstić information content (AvgIpc) is 2.29. The Morgan fingerprint density at radius 2 is 2.12 bits per heavy atom. The number of nitrogens with two attached hydrogens (primary N) is 1. The molecule has 0 saturated heterocycles. The van der Waals surface area contributed by atoms with E-state index >= 15 is 0 Å². The van der Waals surface area contributed by atoms with Crippen molar-refractivity contribution in [3.63, 3.8) is 0 Å². The fourth-order valence-electron chi connectivity index (χ4n) is 2.37. The van der Waals surface area contributed by atoms with E-state index in [0.717, 1.165) is 12.1 Å². The van der Waals surface area contributed by atoms with Crippen LogP contribution in [0.25, 0.3) is 0 Å². The van der Waals surface area contributed by atoms with E-state index in [2.05, 4.69) is 31.0 Å². The summed E-state index contributed by atoms with van der Waals surface area (Å²) in [5.41, 5.74) is 11.1. The van der Waals surface area contributed by atoms with E-state index in [9.17, 15) is 0 Å². The molecular weight excluding hydrogens is 196 g/mol. The number of hydrogen-bond donors (Lipinski definition) is 1. The normalized spacial score (nSPS) is 18.1. The first-order chi connectivity index (χ1) is 7.68. The van der Waals surface area contributed by atoms with Crippen LogP contribution in [0.5, 0.6) is 0 Å². The summed E-state index contributed by atoms with van der Waals surface area (Å²) in [6.07, 6.45) is 9.09. The molecule has 0 aliphatic heterocycles. The predicted molar refractivity (Wildman–Crippen MR) is 67.2 cm³/mol. The summed E-state index contributed by atoms with van der Waals surface area (Å²) < 4.78 is 0. The molecule has 2 N–H and O–H groups in total. The first-order valence-corrected chi connectivity index (χ1v) is 6.06. The van der Waals surface area contributed by atoms with Crippen LogP contribution in [0.1, 0.15) is 48.5 Å². The molecule has 1 aliphatic carbocycles. The second kappa shape index (κ2) is 4.79. The van der Waals surface area contributed by atoms with Gasteiger partial charge in [-0.1, -0.05) is 17.7 Å². The van der Waals surface area contributed by atoms with Gasteiger partial charge in [0, 0.05) is 6.20 Å². The van der Waals surface area contributed by atoms with E-state index in [1.165, 1.54) is 36.0 Å². The minimum atomic E-state index is 0.000833. The van der Waals surface area contributed by atoms with E-state index < -0.39 is 0 Å². The molecule has 2 nitrogen and oxygen atoms in total. The predicted octanol–water partition coefficient (Wildman–Crippen LogP) is 3.20. The van der Waals surface area contributed by atoms with Crippen molar-refractivity contribution in [2.75, 3.05) is 0 Å². The Labute approximate surface area is 97.6 Å². The van der Waals surface area contributed by atoms with Crippen molar-refractivity contribution >= 4 is 0 Å². The molecule has 2 heteroatoms. The molecule has 2 rings (SSSR count). The van der Waals surface area contributed by atoms with Crippen LogP contribution in [0.2, 0.25) is 0 Å². The van der Waals surface area contributed by atoms with Crippen LogP contribution in [-0.2, 0) is 0 Å². The molecule has 86 valence electrons. The Morgan fingerprint density at radius 1 is 1.31 bits per heavy atom. The highest BCUT2D eigenvalue weighted by Crippen LogP contribution is 2.28. The van der Waals surface area contributed by atoms with E-state index in [1.54, 1.807) is 0 Å². The van der Waals surface area contributed by atoms with Crippen molar-refractivity contribution in [1.29, 1.82) is 0 Å². The first kappa shape index (κ1) is 11.3. The third-order valence-corrected chi connectivity index (χ3v) is 3.28. The molecule has 0 fully saturated rings. The van der Waals surface area contributed by atoms with Crippen LogP contribution in [0.3, 0.4) is 0 Å². The molecule has 1 atom stereocenters. The van der Waals surface area contributed by atoms with Gasteiger partial charge in [0.1, 0.15) is 0 Å². The summed E-state index contributed by atoms with van der Waals surface area (Å²) >= 11 is 0. The van der Waals surface area contributed by atoms with Gasteiger partial charge >= 0.3 is 0 Å². The fraction of sp³-hybridized carbons (Fsp3) is 0.500. The first-order valence-electron chi connectivity index (χ1n) is 6.06. The summed E-state index contributed by atoms with van der Waals surface area (Å²) in [7, 11) is 0. The highest BCUT2D eigenvalue weighted by atomic mass is 14.8. The Hall–Kier alpha value is -1.15. The van der Waals surface area contributed by atoms with Crippen molar-refractivity contribution in [3.05, 3.63) is 40.7 Å². The number of aryl methyl sites for hydroxylation is 2. The number of pyridine rings is 1. The van der Waals surface area contributed by atoms with Gasteiger partial charge in [0.05, 0.1) is 11.7 Å². The summed E-state index contributed by atoms with van der Waals surface area (Å²) in [6.45, 7) is 4.16. The smallest absolute Gasteiger partial charge is 0.0688 e. The maximum atomic E-state index is 6.29. The maximum Gasteiger partial charge on any atom is 0.0688 e. The molecule has 0 bridgehead atoms. The Kier molecular flexibility index (Phi) is 3.39. The summed E-state index contributed by atoms with van der Waals surface area (Å²) in [6, 6.07) is 2.16. The molecule has 1 heterocycles. The van der Waals surface area contributed by atoms with Crippen molar-refractivity contribution in [1.82, 2.24) is 4.98 Å². The summed E-state index contributed by atoms with van der Waals surface area (Å²) in [5, 5.41) is 0. The van der Waals surface area contributed by atoms with Crippen molar-refractivity contribution in [2.45, 2.75) is 45.6 Å². The van der Waals surface area contributed by atoms with Crippen LogP contribution < -0.4 is 5.73 Å². The molecule has 1 unspecified atom stereocenters. The Bertz CT molecular complexity index is 407. The van der Waals surface area contributed by atoms with Crippen LogP contribution in [0.4, 0.5) is 0 Å². The maximum absolute atomic E-state index is 6.29. The SMILES string of the molecule is Cc1cnc(C(N)C2=CCCCC2)c(C)c1. The van der Waals surface area contributed by atoms with Gasteiger partial charge in [-0.25, -0.2) is 0 Å². The van der Waals surface area contributed by atoms with Gasteiger partial charge in [0.25, 0.3) is 0 Å². The number of aromatic nitrogens is 1. The zero-order chi connectivity index (χ0) is 11.5. The summed E-state index contributed by atoms with van der Waals surface area (Å²) in [5.74, 6) is 0. The third kappa shape index (κ3) is 2.33. The van der Waals surface area contributed by atoms with Crippen LogP contribution >= 0.6 is 0 Å². The molecular formula is C14H20N2. The zero-order valence-electron chi connectivity index (χ0n) is 10.2. The van der Waals surface area contributed by atoms with Gasteiger partial charge in [-0.05, 0) is 50.7 Å². The highest BCUT2D eigenvalue weighted by Gasteiger charge is 2.16. The van der Waals surface area contributed by atoms with Crippen molar-refractivity contribution in [2.24, 2.45) is 5.73 Å². The van der Waals surface area contributed by atoms with Gasteiger partial charge in [0.15, 0.2) is 0 Å². The lowest BCUT2D eigenvalue weighted by molar-refractivity contribution is 0.639. The lowest BCUT2D eigenvalue weighted by Crippen LogP contribution is -2.17. The van der Waals surface area contributed by atoms with Gasteiger partial charge in [-0.15, -0.1) is 0 Å². The molecule has 0 amide bonds. The lowest BCUT2D eigenvalue weighted by Gasteiger charge is -2.20. The second-order valence-corrected chi connectivity index (χ2v) is 4.72. The van der Waals surface area contributed by atoms with E-state index in [0.29, 0.717) is 0 Å². The van der Waals surface area contributed by atoms with Gasteiger partial charge < -0.3 is 5.73 Å². The third-order valence-electron chi connectivity index (χ3n) is 3.28. The van der Waals surface area contributed by atoms with Gasteiger partial charge in [0.2, 0.25) is 0 Å². The monoisotopic (exact) mass is 216 g/mol. The van der Waals surface area contributed by atoms with Gasteiger partial charge in [-0.2, -0.15) is 0 Å². The van der Waals surface area contributed by atoms with Crippen LogP contribution in [-0.4, -0.2) is 4.98 Å². The van der Waals surface area contributed by atoms with Gasteiger partial charge in [-0.3, -0.25) is 4.98 Å². The van der Waals surface area contributed by atoms with Crippen LogP contribution in [0.15, 0.2) is 23.9 Å². The molecule has 1 aromatic rings. The standard InChI is InChI=1S/C14H20N2/c1-10-8-11(2)14(16-9-10)13(15)12-6-4-3-5-7-12/h6,8-9,13H,3-5,7,15H2,1-2H3. The fourth-order valence-corrected chi connectivity index (χ4v) is 2.37. The molecule has 16 heavy (non-hydrogen) atoms. The van der Waals surface area contributed by atoms with Crippen molar-refractivity contribution < 1.29 is 0 Å². The number of allylic oxidation sites excluding steroid dienone is 1. The number of rotatable bonds is 2. The largest absolute Gasteiger partial charge is 0.319 e. The molecule has 0 aromatic carbocycles. The molecule has 0 radical (unpaired) electrons. The van der Waals surface area contributed by atoms with E-state index in [4.69, 9.17) is 5.73 Å². The average molecular weight is 216 g/mol. The number of hydrogen-bond acceptors (Lipinski definition) is 2. The minimum Gasteiger partial charge on any atom is -0.319 e. The lowest BCUT2D eigenvalue weighted by atomic mass is 9.91. The Morgan fingerprint density at radius 3 is 2.75 bits per heavy atom. The second-order valence-electron chi connectivity index (χ2n) is 4.72. The minimum absolute atomic E-state index is 0.000833. The number of nitrogens with zero attached hydrogens (tertiary/aromatic N) is 1. The van der Waals surface area contributed by atoms with Crippen molar-refractivity contribution in [3.8, 4) is 0 Å². The quantitative estimate of drug-likeness (QED) is 0.771. The summed E-state index contributed by atoms with van der Waals surface area (Å²) in [4.78, 5) is 4.49. The molecule has 1 aromatic heterocycles. The van der Waals surface area contributed by atoms with E-state index in [-0.39, 0.29) is 6.04 Å². The Balaban J connectivity index is 2.26. The molecule has 1 aliphatic rings. The van der Waals surface area contributed by atoms with Crippen LogP contribution in [0, 0.1) is 13.8 Å². The molecule has 0 saturated carbocycles. The zero-order valence-corrected chi connectivity index (χ0v) is 10.2. The van der Waals surface area contributed by atoms with E-state index in [1.807, 2.05) is 6.20 Å². The topological polar surface area (TPSA) is 38.9 Å². The highest BCUT2D eigenvalue weighted by molar-refractivity contribution is 5.31.